The van der Waals surface area contributed by atoms with Crippen molar-refractivity contribution >= 4 is 0 Å². The van der Waals surface area contributed by atoms with Gasteiger partial charge in [-0.2, -0.15) is 0 Å². The van der Waals surface area contributed by atoms with Crippen molar-refractivity contribution in [3.63, 3.8) is 0 Å². The normalized spacial score (nSPS) is 19.7. The summed E-state index contributed by atoms with van der Waals surface area (Å²) in [5, 5.41) is 0. The quantitative estimate of drug-likeness (QED) is 0.371. The van der Waals surface area contributed by atoms with Crippen molar-refractivity contribution in [2.45, 2.75) is 38.1 Å². The van der Waals surface area contributed by atoms with Crippen LogP contribution in [-0.4, -0.2) is 24.9 Å². The number of rotatable bonds is 10. The van der Waals surface area contributed by atoms with Crippen molar-refractivity contribution in [2.24, 2.45) is 0 Å². The first-order valence-electron chi connectivity index (χ1n) is 10.6. The molecule has 0 aliphatic carbocycles. The van der Waals surface area contributed by atoms with Gasteiger partial charge < -0.3 is 25.2 Å². The van der Waals surface area contributed by atoms with E-state index in [9.17, 15) is 0 Å². The Balaban J connectivity index is 0.00000289. The van der Waals surface area contributed by atoms with Gasteiger partial charge in [0.2, 0.25) is 0 Å². The van der Waals surface area contributed by atoms with E-state index in [0.29, 0.717) is 26.4 Å². The second-order valence-electron chi connectivity index (χ2n) is 7.46. The van der Waals surface area contributed by atoms with Gasteiger partial charge in [-0.3, -0.25) is 0 Å². The van der Waals surface area contributed by atoms with E-state index in [-0.39, 0.29) is 37.2 Å². The number of benzene rings is 3. The molecule has 0 amide bonds. The van der Waals surface area contributed by atoms with E-state index in [1.54, 1.807) is 6.08 Å². The Labute approximate surface area is 202 Å². The van der Waals surface area contributed by atoms with Gasteiger partial charge in [-0.15, -0.1) is 0 Å². The third-order valence-corrected chi connectivity index (χ3v) is 5.11. The molecule has 0 N–H and O–H groups in total. The molecule has 0 fully saturated rings. The molecule has 4 rings (SSSR count). The summed E-state index contributed by atoms with van der Waals surface area (Å²) in [6, 6.07) is 30.3. The maximum atomic E-state index is 6.28. The molecule has 0 bridgehead atoms. The van der Waals surface area contributed by atoms with E-state index in [2.05, 4.69) is 6.26 Å². The number of hydrogen-bond donors (Lipinski definition) is 0. The summed E-state index contributed by atoms with van der Waals surface area (Å²) < 4.78 is 24.2. The summed E-state index contributed by atoms with van der Waals surface area (Å²) in [5.41, 5.74) is 3.34. The second-order valence-corrected chi connectivity index (χ2v) is 7.46. The summed E-state index contributed by atoms with van der Waals surface area (Å²) >= 11 is 0. The Morgan fingerprint density at radius 1 is 0.656 bits per heavy atom. The van der Waals surface area contributed by atoms with Crippen molar-refractivity contribution in [3.05, 3.63) is 120 Å². The van der Waals surface area contributed by atoms with Crippen LogP contribution in [0.25, 0.3) is 0 Å². The molecule has 160 valence electrons. The maximum Gasteiger partial charge on any atom is 1.00 e. The fourth-order valence-electron chi connectivity index (χ4n) is 3.44. The maximum absolute atomic E-state index is 6.28. The Bertz CT molecular complexity index is 918. The summed E-state index contributed by atoms with van der Waals surface area (Å²) in [5.74, 6) is 0. The van der Waals surface area contributed by atoms with Crippen LogP contribution in [0.5, 0.6) is 0 Å². The molecular weight excluding hydrogens is 395 g/mol. The molecule has 0 aromatic heterocycles. The minimum Gasteiger partial charge on any atom is -0.688 e. The Hall–Kier alpha value is -2.32. The predicted molar refractivity (Wildman–Crippen MR) is 119 cm³/mol. The molecule has 0 saturated carbocycles. The van der Waals surface area contributed by atoms with Crippen LogP contribution in [0.4, 0.5) is 0 Å². The third-order valence-electron chi connectivity index (χ3n) is 5.11. The smallest absolute Gasteiger partial charge is 0.688 e. The third kappa shape index (κ3) is 7.38. The van der Waals surface area contributed by atoms with Gasteiger partial charge in [0.05, 0.1) is 32.5 Å². The molecule has 1 heterocycles. The first-order valence-corrected chi connectivity index (χ1v) is 10.6. The van der Waals surface area contributed by atoms with Gasteiger partial charge in [-0.05, 0) is 16.7 Å². The average molecular weight is 422 g/mol. The van der Waals surface area contributed by atoms with Gasteiger partial charge in [-0.1, -0.05) is 91.0 Å². The summed E-state index contributed by atoms with van der Waals surface area (Å²) in [6.07, 6.45) is 3.80. The molecule has 5 heteroatoms. The van der Waals surface area contributed by atoms with Crippen LogP contribution < -0.4 is 18.9 Å². The molecule has 3 aromatic rings. The van der Waals surface area contributed by atoms with E-state index >= 15 is 0 Å². The first-order chi connectivity index (χ1) is 15.4. The largest absolute Gasteiger partial charge is 1.00 e. The van der Waals surface area contributed by atoms with Crippen LogP contribution in [0.3, 0.4) is 0 Å². The fraction of sp³-hybridized carbons (Fsp3) is 0.259. The Kier molecular flexibility index (Phi) is 10.1. The second kappa shape index (κ2) is 13.3. The molecule has 3 aromatic carbocycles. The van der Waals surface area contributed by atoms with Crippen LogP contribution in [0.1, 0.15) is 16.7 Å². The van der Waals surface area contributed by atoms with Crippen molar-refractivity contribution in [1.82, 2.24) is 0 Å². The van der Waals surface area contributed by atoms with Gasteiger partial charge in [0, 0.05) is 0 Å². The van der Waals surface area contributed by atoms with E-state index in [1.807, 2.05) is 91.0 Å². The molecular formula is C27H27LiO4. The zero-order chi connectivity index (χ0) is 21.1. The minimum atomic E-state index is -0.307. The average Bonchev–Trinajstić information content (AvgIpc) is 2.84. The molecule has 4 nitrogen and oxygen atoms in total. The van der Waals surface area contributed by atoms with E-state index < -0.39 is 0 Å². The summed E-state index contributed by atoms with van der Waals surface area (Å²) in [6.45, 7) is 1.88. The monoisotopic (exact) mass is 422 g/mol. The molecule has 0 radical (unpaired) electrons. The van der Waals surface area contributed by atoms with Crippen LogP contribution in [0.15, 0.2) is 97.1 Å². The predicted octanol–water partition coefficient (Wildman–Crippen LogP) is 2.09. The molecule has 0 spiro atoms. The topological polar surface area (TPSA) is 36.9 Å². The molecule has 1 aliphatic heterocycles. The number of ether oxygens (including phenoxy) is 4. The van der Waals surface area contributed by atoms with E-state index in [1.165, 1.54) is 0 Å². The van der Waals surface area contributed by atoms with Gasteiger partial charge in [-0.25, -0.2) is 6.08 Å². The Morgan fingerprint density at radius 2 is 1.16 bits per heavy atom. The standard InChI is InChI=1S/C27H27O4.Li/c1-4-10-22(11-5-1)18-28-21-26-27(31-20-24-14-8-3-9-15-24)25(16-17-29-26)30-19-23-12-6-2-7-13-23;/h1-16,25-27H,18-21H2;/q-1;+1/t25-,26-,27+;/m1./s1. The van der Waals surface area contributed by atoms with Gasteiger partial charge in [0.15, 0.2) is 0 Å². The van der Waals surface area contributed by atoms with Gasteiger partial charge >= 0.3 is 18.9 Å². The Morgan fingerprint density at radius 3 is 1.72 bits per heavy atom. The zero-order valence-electron chi connectivity index (χ0n) is 18.4. The van der Waals surface area contributed by atoms with Crippen LogP contribution in [-0.2, 0) is 38.8 Å². The molecule has 0 saturated heterocycles. The molecule has 3 atom stereocenters. The fourth-order valence-corrected chi connectivity index (χ4v) is 3.44. The SMILES string of the molecule is [C-]1=C[C@@H](OCc2ccccc2)[C@H](OCc2ccccc2)[C@@H](COCc2ccccc2)O1.[Li+]. The van der Waals surface area contributed by atoms with Crippen LogP contribution >= 0.6 is 0 Å². The van der Waals surface area contributed by atoms with Gasteiger partial charge in [0.25, 0.3) is 0 Å². The van der Waals surface area contributed by atoms with Crippen molar-refractivity contribution in [2.75, 3.05) is 6.61 Å². The van der Waals surface area contributed by atoms with Crippen LogP contribution in [0, 0.1) is 6.26 Å². The summed E-state index contributed by atoms with van der Waals surface area (Å²) in [4.78, 5) is 0. The zero-order valence-corrected chi connectivity index (χ0v) is 18.4. The minimum absolute atomic E-state index is 0. The van der Waals surface area contributed by atoms with E-state index in [4.69, 9.17) is 18.9 Å². The first kappa shape index (κ1) is 24.3. The molecule has 1 aliphatic rings. The van der Waals surface area contributed by atoms with Crippen LogP contribution in [0.2, 0.25) is 0 Å². The van der Waals surface area contributed by atoms with E-state index in [0.717, 1.165) is 16.7 Å². The molecule has 0 unspecified atom stereocenters. The van der Waals surface area contributed by atoms with Crippen molar-refractivity contribution in [1.29, 1.82) is 0 Å². The number of hydrogen-bond acceptors (Lipinski definition) is 4. The van der Waals surface area contributed by atoms with Crippen molar-refractivity contribution < 1.29 is 37.8 Å². The van der Waals surface area contributed by atoms with Gasteiger partial charge in [0.1, 0.15) is 12.2 Å². The summed E-state index contributed by atoms with van der Waals surface area (Å²) in [7, 11) is 0. The molecule has 32 heavy (non-hydrogen) atoms. The van der Waals surface area contributed by atoms with Crippen molar-refractivity contribution in [3.8, 4) is 0 Å².